The number of hydrogen-bond acceptors (Lipinski definition) is 5. The Hall–Kier alpha value is -3.36. The topological polar surface area (TPSA) is 131 Å². The summed E-state index contributed by atoms with van der Waals surface area (Å²) in [6.07, 6.45) is 2.87. The highest BCUT2D eigenvalue weighted by Gasteiger charge is 2.43. The number of ether oxygens (including phenoxy) is 1. The van der Waals surface area contributed by atoms with Gasteiger partial charge in [0, 0.05) is 18.0 Å². The van der Waals surface area contributed by atoms with Crippen LogP contribution < -0.4 is 16.4 Å². The molecule has 39 heavy (non-hydrogen) atoms. The highest BCUT2D eigenvalue weighted by molar-refractivity contribution is 5.93. The van der Waals surface area contributed by atoms with E-state index in [9.17, 15) is 19.2 Å². The number of benzene rings is 1. The highest BCUT2D eigenvalue weighted by Crippen LogP contribution is 2.33. The number of nitrogens with one attached hydrogen (secondary N) is 2. The van der Waals surface area contributed by atoms with Crippen LogP contribution in [-0.4, -0.2) is 51.9 Å². The minimum atomic E-state index is -1.15. The summed E-state index contributed by atoms with van der Waals surface area (Å²) in [5.41, 5.74) is 5.19. The van der Waals surface area contributed by atoms with Gasteiger partial charge in [-0.1, -0.05) is 51.1 Å². The van der Waals surface area contributed by atoms with Crippen LogP contribution in [0.25, 0.3) is 6.08 Å². The van der Waals surface area contributed by atoms with Gasteiger partial charge < -0.3 is 26.0 Å². The van der Waals surface area contributed by atoms with Crippen LogP contribution in [0.5, 0.6) is 0 Å². The third-order valence-corrected chi connectivity index (χ3v) is 6.50. The lowest BCUT2D eigenvalue weighted by Crippen LogP contribution is -2.59. The smallest absolute Gasteiger partial charge is 0.408 e. The summed E-state index contributed by atoms with van der Waals surface area (Å²) < 4.78 is 5.39. The average molecular weight is 545 g/mol. The lowest BCUT2D eigenvalue weighted by Gasteiger charge is -2.45. The third-order valence-electron chi connectivity index (χ3n) is 6.50. The predicted octanol–water partition coefficient (Wildman–Crippen LogP) is 4.85. The molecule has 218 valence electrons. The molecule has 0 saturated heterocycles. The van der Waals surface area contributed by atoms with Gasteiger partial charge in [-0.15, -0.1) is 0 Å². The van der Waals surface area contributed by atoms with Crippen molar-refractivity contribution in [2.75, 3.05) is 0 Å². The van der Waals surface area contributed by atoms with Crippen LogP contribution in [0.15, 0.2) is 30.8 Å². The van der Waals surface area contributed by atoms with Gasteiger partial charge in [-0.3, -0.25) is 14.4 Å². The molecule has 1 aromatic carbocycles. The molecular formula is C30H48N4O5. The number of primary amides is 1. The van der Waals surface area contributed by atoms with E-state index in [0.717, 1.165) is 18.4 Å². The van der Waals surface area contributed by atoms with Crippen LogP contribution in [0.1, 0.15) is 105 Å². The first kappa shape index (κ1) is 33.7. The minimum absolute atomic E-state index is 0.0447. The standard InChI is InChI=1S/C30H48N4O5/c1-10-14-20(4)32-26(36)25(22-16-13-15-21(11-2)19-22)34(30(8,9)12-3)27(37)23(17-18-24(31)35)33-28(38)39-29(5,6)7/h11,13,15-16,19-20,23,25H,2,10,12,14,17-18H2,1,3-9H3,(H2,31,35)(H,32,36)(H,33,38). The van der Waals surface area contributed by atoms with Gasteiger partial charge in [-0.2, -0.15) is 0 Å². The first-order valence-electron chi connectivity index (χ1n) is 13.7. The second-order valence-electron chi connectivity index (χ2n) is 11.6. The molecule has 1 rings (SSSR count). The van der Waals surface area contributed by atoms with Gasteiger partial charge in [-0.25, -0.2) is 4.79 Å². The van der Waals surface area contributed by atoms with Crippen LogP contribution in [-0.2, 0) is 19.1 Å². The summed E-state index contributed by atoms with van der Waals surface area (Å²) in [6, 6.07) is 5.03. The van der Waals surface area contributed by atoms with Crippen LogP contribution in [0.3, 0.4) is 0 Å². The number of rotatable bonds is 14. The molecular weight excluding hydrogens is 496 g/mol. The Balaban J connectivity index is 3.71. The van der Waals surface area contributed by atoms with E-state index >= 15 is 0 Å². The van der Waals surface area contributed by atoms with Gasteiger partial charge >= 0.3 is 6.09 Å². The van der Waals surface area contributed by atoms with Crippen LogP contribution in [0.4, 0.5) is 4.79 Å². The van der Waals surface area contributed by atoms with Crippen molar-refractivity contribution in [2.24, 2.45) is 5.73 Å². The van der Waals surface area contributed by atoms with Gasteiger partial charge in [0.05, 0.1) is 0 Å². The van der Waals surface area contributed by atoms with E-state index < -0.39 is 41.1 Å². The Kier molecular flexibility index (Phi) is 12.7. The number of nitrogens with two attached hydrogens (primary N) is 1. The van der Waals surface area contributed by atoms with E-state index in [1.165, 1.54) is 4.90 Å². The Labute approximate surface area is 233 Å². The zero-order chi connectivity index (χ0) is 30.0. The minimum Gasteiger partial charge on any atom is -0.444 e. The number of nitrogens with zero attached hydrogens (tertiary/aromatic N) is 1. The monoisotopic (exact) mass is 544 g/mol. The molecule has 9 heteroatoms. The molecule has 0 bridgehead atoms. The van der Waals surface area contributed by atoms with Gasteiger partial charge in [-0.05, 0) is 78.0 Å². The Morgan fingerprint density at radius 2 is 1.72 bits per heavy atom. The van der Waals surface area contributed by atoms with Crippen LogP contribution in [0.2, 0.25) is 0 Å². The lowest BCUT2D eigenvalue weighted by molar-refractivity contribution is -0.149. The molecule has 1 aromatic rings. The zero-order valence-electron chi connectivity index (χ0n) is 24.9. The fraction of sp³-hybridized carbons (Fsp3) is 0.600. The third kappa shape index (κ3) is 10.7. The zero-order valence-corrected chi connectivity index (χ0v) is 24.9. The van der Waals surface area contributed by atoms with E-state index in [2.05, 4.69) is 17.2 Å². The number of alkyl carbamates (subject to hydrolysis) is 1. The number of carbonyl (C=O) groups is 4. The predicted molar refractivity (Wildman–Crippen MR) is 155 cm³/mol. The van der Waals surface area contributed by atoms with Crippen molar-refractivity contribution in [3.63, 3.8) is 0 Å². The maximum Gasteiger partial charge on any atom is 0.408 e. The van der Waals surface area contributed by atoms with Crippen LogP contribution >= 0.6 is 0 Å². The first-order valence-corrected chi connectivity index (χ1v) is 13.7. The molecule has 0 radical (unpaired) electrons. The Bertz CT molecular complexity index is 1010. The molecule has 9 nitrogen and oxygen atoms in total. The number of amides is 4. The van der Waals surface area contributed by atoms with Gasteiger partial charge in [0.1, 0.15) is 17.7 Å². The summed E-state index contributed by atoms with van der Waals surface area (Å²) in [4.78, 5) is 54.2. The van der Waals surface area contributed by atoms with E-state index in [1.54, 1.807) is 32.9 Å². The SMILES string of the molecule is C=Cc1cccc(C(C(=O)NC(C)CCC)N(C(=O)C(CCC(N)=O)NC(=O)OC(C)(C)C)C(C)(C)CC)c1. The van der Waals surface area contributed by atoms with Gasteiger partial charge in [0.25, 0.3) is 0 Å². The highest BCUT2D eigenvalue weighted by atomic mass is 16.6. The number of carbonyl (C=O) groups excluding carboxylic acids is 4. The second kappa shape index (κ2) is 14.7. The molecule has 0 aliphatic heterocycles. The average Bonchev–Trinajstić information content (AvgIpc) is 2.83. The molecule has 0 heterocycles. The molecule has 0 aliphatic carbocycles. The molecule has 3 atom stereocenters. The lowest BCUT2D eigenvalue weighted by atomic mass is 9.90. The van der Waals surface area contributed by atoms with Crippen LogP contribution in [0, 0.1) is 0 Å². The summed E-state index contributed by atoms with van der Waals surface area (Å²) >= 11 is 0. The molecule has 0 saturated carbocycles. The Morgan fingerprint density at radius 3 is 2.23 bits per heavy atom. The quantitative estimate of drug-likeness (QED) is 0.308. The number of hydrogen-bond donors (Lipinski definition) is 3. The fourth-order valence-corrected chi connectivity index (χ4v) is 4.21. The summed E-state index contributed by atoms with van der Waals surface area (Å²) in [7, 11) is 0. The molecule has 4 N–H and O–H groups in total. The molecule has 0 aromatic heterocycles. The Morgan fingerprint density at radius 1 is 1.08 bits per heavy atom. The van der Waals surface area contributed by atoms with Crippen molar-refractivity contribution in [2.45, 2.75) is 117 Å². The van der Waals surface area contributed by atoms with Crippen molar-refractivity contribution >= 4 is 29.9 Å². The second-order valence-corrected chi connectivity index (χ2v) is 11.6. The summed E-state index contributed by atoms with van der Waals surface area (Å²) in [5.74, 6) is -1.46. The molecule has 3 unspecified atom stereocenters. The molecule has 0 spiro atoms. The van der Waals surface area contributed by atoms with Gasteiger partial charge in [0.2, 0.25) is 17.7 Å². The van der Waals surface area contributed by atoms with E-state index in [4.69, 9.17) is 10.5 Å². The largest absolute Gasteiger partial charge is 0.444 e. The maximum atomic E-state index is 14.4. The summed E-state index contributed by atoms with van der Waals surface area (Å²) in [6.45, 7) is 18.6. The molecule has 0 aliphatic rings. The van der Waals surface area contributed by atoms with E-state index in [-0.39, 0.29) is 24.8 Å². The van der Waals surface area contributed by atoms with Gasteiger partial charge in [0.15, 0.2) is 0 Å². The van der Waals surface area contributed by atoms with Crippen molar-refractivity contribution in [3.05, 3.63) is 42.0 Å². The molecule has 4 amide bonds. The van der Waals surface area contributed by atoms with Crippen molar-refractivity contribution < 1.29 is 23.9 Å². The normalized spacial score (nSPS) is 13.9. The first-order chi connectivity index (χ1) is 18.1. The van der Waals surface area contributed by atoms with E-state index in [1.807, 2.05) is 52.8 Å². The van der Waals surface area contributed by atoms with Crippen molar-refractivity contribution in [1.82, 2.24) is 15.5 Å². The van der Waals surface area contributed by atoms with E-state index in [0.29, 0.717) is 12.0 Å². The fourth-order valence-electron chi connectivity index (χ4n) is 4.21. The van der Waals surface area contributed by atoms with Crippen molar-refractivity contribution in [1.29, 1.82) is 0 Å². The van der Waals surface area contributed by atoms with Crippen molar-refractivity contribution in [3.8, 4) is 0 Å². The maximum absolute atomic E-state index is 14.4. The molecule has 0 fully saturated rings. The summed E-state index contributed by atoms with van der Waals surface area (Å²) in [5, 5.41) is 5.69.